The third kappa shape index (κ3) is 4.87. The fourth-order valence-corrected chi connectivity index (χ4v) is 5.66. The normalized spacial score (nSPS) is 17.7. The summed E-state index contributed by atoms with van der Waals surface area (Å²) in [5.74, 6) is -0.0853. The third-order valence-corrected chi connectivity index (χ3v) is 7.94. The van der Waals surface area contributed by atoms with Crippen LogP contribution in [0.2, 0.25) is 0 Å². The monoisotopic (exact) mass is 494 g/mol. The molecule has 2 aromatic carbocycles. The van der Waals surface area contributed by atoms with Crippen LogP contribution in [-0.4, -0.2) is 38.8 Å². The molecule has 162 valence electrons. The van der Waals surface area contributed by atoms with Gasteiger partial charge in [0.15, 0.2) is 0 Å². The van der Waals surface area contributed by atoms with E-state index in [0.717, 1.165) is 10.0 Å². The second kappa shape index (κ2) is 9.49. The average Bonchev–Trinajstić information content (AvgIpc) is 2.74. The summed E-state index contributed by atoms with van der Waals surface area (Å²) in [4.78, 5) is 13.0. The van der Waals surface area contributed by atoms with Crippen molar-refractivity contribution in [1.29, 1.82) is 0 Å². The van der Waals surface area contributed by atoms with E-state index in [4.69, 9.17) is 4.74 Å². The first kappa shape index (κ1) is 22.8. The van der Waals surface area contributed by atoms with E-state index in [1.807, 2.05) is 44.2 Å². The topological polar surface area (TPSA) is 75.7 Å². The second-order valence-electron chi connectivity index (χ2n) is 7.74. The molecule has 6 nitrogen and oxygen atoms in total. The van der Waals surface area contributed by atoms with E-state index < -0.39 is 15.9 Å². The van der Waals surface area contributed by atoms with Gasteiger partial charge in [0.25, 0.3) is 0 Å². The first-order chi connectivity index (χ1) is 14.2. The van der Waals surface area contributed by atoms with Gasteiger partial charge in [0.1, 0.15) is 10.6 Å². The van der Waals surface area contributed by atoms with Crippen molar-refractivity contribution in [2.24, 2.45) is 5.92 Å². The lowest BCUT2D eigenvalue weighted by Gasteiger charge is -2.31. The Hall–Kier alpha value is -1.90. The van der Waals surface area contributed by atoms with Crippen molar-refractivity contribution >= 4 is 37.5 Å². The summed E-state index contributed by atoms with van der Waals surface area (Å²) in [6.07, 6.45) is 1.27. The van der Waals surface area contributed by atoms with Crippen LogP contribution in [0.4, 0.5) is 5.69 Å². The quantitative estimate of drug-likeness (QED) is 0.635. The molecule has 1 amide bonds. The number of methoxy groups -OCH3 is 1. The SMILES string of the molecule is COc1ccc(C(C)C)cc1S(=O)(=O)N1CCC[C@@H](C(=O)Nc2ccccc2Br)C1. The van der Waals surface area contributed by atoms with Crippen LogP contribution in [0.25, 0.3) is 0 Å². The summed E-state index contributed by atoms with van der Waals surface area (Å²) in [5.41, 5.74) is 1.60. The molecular formula is C22H27BrN2O4S. The number of nitrogens with one attached hydrogen (secondary N) is 1. The Morgan fingerprint density at radius 3 is 2.63 bits per heavy atom. The van der Waals surface area contributed by atoms with Gasteiger partial charge in [-0.1, -0.05) is 32.0 Å². The lowest BCUT2D eigenvalue weighted by atomic mass is 9.99. The van der Waals surface area contributed by atoms with Crippen LogP contribution >= 0.6 is 15.9 Å². The molecule has 0 unspecified atom stereocenters. The van der Waals surface area contributed by atoms with Crippen LogP contribution in [0.5, 0.6) is 5.75 Å². The summed E-state index contributed by atoms with van der Waals surface area (Å²) in [5, 5.41) is 2.91. The van der Waals surface area contributed by atoms with E-state index in [1.54, 1.807) is 12.1 Å². The highest BCUT2D eigenvalue weighted by Gasteiger charge is 2.35. The van der Waals surface area contributed by atoms with Crippen LogP contribution < -0.4 is 10.1 Å². The van der Waals surface area contributed by atoms with Gasteiger partial charge >= 0.3 is 0 Å². The number of piperidine rings is 1. The van der Waals surface area contributed by atoms with Crippen molar-refractivity contribution in [2.75, 3.05) is 25.5 Å². The molecule has 1 atom stereocenters. The second-order valence-corrected chi connectivity index (χ2v) is 10.5. The van der Waals surface area contributed by atoms with Crippen LogP contribution in [0.15, 0.2) is 51.8 Å². The van der Waals surface area contributed by atoms with E-state index in [1.165, 1.54) is 11.4 Å². The number of hydrogen-bond donors (Lipinski definition) is 1. The number of anilines is 1. The number of halogens is 1. The lowest BCUT2D eigenvalue weighted by molar-refractivity contribution is -0.120. The van der Waals surface area contributed by atoms with Gasteiger partial charge in [0, 0.05) is 17.6 Å². The summed E-state index contributed by atoms with van der Waals surface area (Å²) < 4.78 is 34.4. The van der Waals surface area contributed by atoms with Crippen LogP contribution in [0.1, 0.15) is 38.2 Å². The number of nitrogens with zero attached hydrogens (tertiary/aromatic N) is 1. The maximum Gasteiger partial charge on any atom is 0.246 e. The molecule has 1 fully saturated rings. The van der Waals surface area contributed by atoms with E-state index in [0.29, 0.717) is 30.8 Å². The number of ether oxygens (including phenoxy) is 1. The van der Waals surface area contributed by atoms with Gasteiger partial charge in [-0.2, -0.15) is 4.31 Å². The zero-order chi connectivity index (χ0) is 21.9. The van der Waals surface area contributed by atoms with E-state index in [9.17, 15) is 13.2 Å². The van der Waals surface area contributed by atoms with Gasteiger partial charge < -0.3 is 10.1 Å². The van der Waals surface area contributed by atoms with Crippen molar-refractivity contribution in [3.05, 3.63) is 52.5 Å². The molecule has 0 saturated carbocycles. The number of carbonyl (C=O) groups is 1. The summed E-state index contributed by atoms with van der Waals surface area (Å²) in [6, 6.07) is 12.6. The Bertz CT molecular complexity index is 1020. The minimum absolute atomic E-state index is 0.147. The first-order valence-electron chi connectivity index (χ1n) is 9.97. The molecule has 1 aliphatic heterocycles. The molecule has 1 aliphatic rings. The summed E-state index contributed by atoms with van der Waals surface area (Å²) in [7, 11) is -2.32. The van der Waals surface area contributed by atoms with Crippen LogP contribution in [-0.2, 0) is 14.8 Å². The predicted octanol–water partition coefficient (Wildman–Crippen LogP) is 4.62. The van der Waals surface area contributed by atoms with E-state index >= 15 is 0 Å². The molecule has 30 heavy (non-hydrogen) atoms. The number of carbonyl (C=O) groups excluding carboxylic acids is 1. The standard InChI is InChI=1S/C22H27BrN2O4S/c1-15(2)16-10-11-20(29-3)21(13-16)30(27,28)25-12-6-7-17(14-25)22(26)24-19-9-5-4-8-18(19)23/h4-5,8-11,13,15,17H,6-7,12,14H2,1-3H3,(H,24,26)/t17-/m1/s1. The van der Waals surface area contributed by atoms with Gasteiger partial charge in [0.2, 0.25) is 15.9 Å². The molecule has 8 heteroatoms. The Kier molecular flexibility index (Phi) is 7.21. The number of amides is 1. The van der Waals surface area contributed by atoms with Gasteiger partial charge in [-0.15, -0.1) is 0 Å². The molecular weight excluding hydrogens is 468 g/mol. The van der Waals surface area contributed by atoms with E-state index in [2.05, 4.69) is 21.2 Å². The molecule has 1 N–H and O–H groups in total. The number of hydrogen-bond acceptors (Lipinski definition) is 4. The zero-order valence-electron chi connectivity index (χ0n) is 17.4. The molecule has 0 aliphatic carbocycles. The van der Waals surface area contributed by atoms with Crippen molar-refractivity contribution in [1.82, 2.24) is 4.31 Å². The van der Waals surface area contributed by atoms with Crippen LogP contribution in [0.3, 0.4) is 0 Å². The smallest absolute Gasteiger partial charge is 0.246 e. The highest BCUT2D eigenvalue weighted by Crippen LogP contribution is 2.33. The summed E-state index contributed by atoms with van der Waals surface area (Å²) >= 11 is 3.42. The largest absolute Gasteiger partial charge is 0.495 e. The molecule has 0 aromatic heterocycles. The van der Waals surface area contributed by atoms with Gasteiger partial charge in [-0.3, -0.25) is 4.79 Å². The lowest BCUT2D eigenvalue weighted by Crippen LogP contribution is -2.43. The van der Waals surface area contributed by atoms with Gasteiger partial charge in [0.05, 0.1) is 18.7 Å². The molecule has 2 aromatic rings. The maximum atomic E-state index is 13.4. The first-order valence-corrected chi connectivity index (χ1v) is 12.2. The maximum absolute atomic E-state index is 13.4. The molecule has 0 spiro atoms. The van der Waals surface area contributed by atoms with Crippen LogP contribution in [0, 0.1) is 5.92 Å². The molecule has 3 rings (SSSR count). The Balaban J connectivity index is 1.83. The minimum atomic E-state index is -3.79. The Morgan fingerprint density at radius 2 is 1.97 bits per heavy atom. The number of rotatable bonds is 6. The number of para-hydroxylation sites is 1. The van der Waals surface area contributed by atoms with Gasteiger partial charge in [-0.05, 0) is 64.5 Å². The minimum Gasteiger partial charge on any atom is -0.495 e. The van der Waals surface area contributed by atoms with Gasteiger partial charge in [-0.25, -0.2) is 8.42 Å². The molecule has 0 radical (unpaired) electrons. The molecule has 0 bridgehead atoms. The molecule has 1 heterocycles. The van der Waals surface area contributed by atoms with Crippen molar-refractivity contribution < 1.29 is 17.9 Å². The van der Waals surface area contributed by atoms with E-state index in [-0.39, 0.29) is 23.3 Å². The summed E-state index contributed by atoms with van der Waals surface area (Å²) in [6.45, 7) is 4.56. The number of benzene rings is 2. The zero-order valence-corrected chi connectivity index (χ0v) is 19.8. The molecule has 1 saturated heterocycles. The Labute approximate surface area is 186 Å². The fourth-order valence-electron chi connectivity index (χ4n) is 3.57. The van der Waals surface area contributed by atoms with Crippen molar-refractivity contribution in [2.45, 2.75) is 37.5 Å². The Morgan fingerprint density at radius 1 is 1.23 bits per heavy atom. The predicted molar refractivity (Wildman–Crippen MR) is 121 cm³/mol. The highest BCUT2D eigenvalue weighted by molar-refractivity contribution is 9.10. The average molecular weight is 495 g/mol. The van der Waals surface area contributed by atoms with Crippen molar-refractivity contribution in [3.63, 3.8) is 0 Å². The third-order valence-electron chi connectivity index (χ3n) is 5.36. The van der Waals surface area contributed by atoms with Crippen molar-refractivity contribution in [3.8, 4) is 5.75 Å². The number of sulfonamides is 1. The highest BCUT2D eigenvalue weighted by atomic mass is 79.9. The fraction of sp³-hybridized carbons (Fsp3) is 0.409.